The first-order valence-electron chi connectivity index (χ1n) is 4.32. The van der Waals surface area contributed by atoms with Crippen LogP contribution in [0.25, 0.3) is 0 Å². The molecule has 1 rings (SSSR count). The van der Waals surface area contributed by atoms with Gasteiger partial charge in [0.2, 0.25) is 0 Å². The van der Waals surface area contributed by atoms with Crippen LogP contribution in [-0.2, 0) is 0 Å². The molecule has 0 aliphatic carbocycles. The van der Waals surface area contributed by atoms with Crippen molar-refractivity contribution in [2.24, 2.45) is 11.8 Å². The zero-order valence-corrected chi connectivity index (χ0v) is 7.59. The molecule has 1 N–H and O–H groups in total. The number of hydrogen-bond acceptors (Lipinski definition) is 1. The topological polar surface area (TPSA) is 12.0 Å². The minimum atomic E-state index is 0.653. The molecule has 0 radical (unpaired) electrons. The van der Waals surface area contributed by atoms with Gasteiger partial charge in [0.1, 0.15) is 0 Å². The summed E-state index contributed by atoms with van der Waals surface area (Å²) >= 11 is 0. The molecule has 1 nitrogen and oxygen atoms in total. The number of rotatable bonds is 2. The van der Waals surface area contributed by atoms with E-state index in [0.29, 0.717) is 5.92 Å². The summed E-state index contributed by atoms with van der Waals surface area (Å²) in [6, 6.07) is 0. The first kappa shape index (κ1) is 8.38. The quantitative estimate of drug-likeness (QED) is 0.638. The maximum Gasteiger partial charge on any atom is 0.0330 e. The minimum Gasteiger partial charge on any atom is -0.385 e. The lowest BCUT2D eigenvalue weighted by Crippen LogP contribution is -2.23. The Morgan fingerprint density at radius 2 is 2.09 bits per heavy atom. The van der Waals surface area contributed by atoms with Crippen LogP contribution in [-0.4, -0.2) is 6.54 Å². The summed E-state index contributed by atoms with van der Waals surface area (Å²) in [5.41, 5.74) is 1.38. The smallest absolute Gasteiger partial charge is 0.0330 e. The van der Waals surface area contributed by atoms with Crippen molar-refractivity contribution in [2.45, 2.75) is 20.8 Å². The van der Waals surface area contributed by atoms with Crippen molar-refractivity contribution in [1.29, 1.82) is 0 Å². The molecule has 0 aromatic carbocycles. The predicted octanol–water partition coefficient (Wildman–Crippen LogP) is 2.32. The molecule has 0 aromatic rings. The highest BCUT2D eigenvalue weighted by atomic mass is 14.9. The molecule has 0 saturated heterocycles. The molecule has 1 heterocycles. The zero-order chi connectivity index (χ0) is 8.27. The monoisotopic (exact) mass is 151 g/mol. The molecular weight excluding hydrogens is 134 g/mol. The van der Waals surface area contributed by atoms with Crippen molar-refractivity contribution in [1.82, 2.24) is 5.32 Å². The van der Waals surface area contributed by atoms with Gasteiger partial charge >= 0.3 is 0 Å². The number of allylic oxidation sites excluding steroid dienone is 3. The molecule has 0 saturated carbocycles. The van der Waals surface area contributed by atoms with Crippen LogP contribution in [0.4, 0.5) is 0 Å². The number of nitrogens with one attached hydrogen (secondary N) is 1. The Morgan fingerprint density at radius 1 is 1.36 bits per heavy atom. The zero-order valence-electron chi connectivity index (χ0n) is 7.59. The molecule has 62 valence electrons. The van der Waals surface area contributed by atoms with Crippen molar-refractivity contribution in [3.63, 3.8) is 0 Å². The van der Waals surface area contributed by atoms with Crippen molar-refractivity contribution in [3.05, 3.63) is 23.9 Å². The lowest BCUT2D eigenvalue weighted by Gasteiger charge is -2.21. The van der Waals surface area contributed by atoms with Crippen molar-refractivity contribution >= 4 is 0 Å². The van der Waals surface area contributed by atoms with Gasteiger partial charge in [-0.05, 0) is 17.9 Å². The molecule has 1 atom stereocenters. The second-order valence-electron chi connectivity index (χ2n) is 3.46. The highest BCUT2D eigenvalue weighted by Crippen LogP contribution is 2.18. The number of hydrogen-bond donors (Lipinski definition) is 1. The van der Waals surface area contributed by atoms with Crippen molar-refractivity contribution in [2.75, 3.05) is 6.54 Å². The molecule has 1 aliphatic rings. The molecule has 0 fully saturated rings. The molecule has 1 heteroatoms. The second kappa shape index (κ2) is 3.61. The second-order valence-corrected chi connectivity index (χ2v) is 3.46. The van der Waals surface area contributed by atoms with Crippen molar-refractivity contribution in [3.8, 4) is 0 Å². The van der Waals surface area contributed by atoms with Gasteiger partial charge in [-0.1, -0.05) is 32.9 Å². The van der Waals surface area contributed by atoms with Gasteiger partial charge in [-0.2, -0.15) is 0 Å². The van der Waals surface area contributed by atoms with Gasteiger partial charge in [0.25, 0.3) is 0 Å². The van der Waals surface area contributed by atoms with Crippen LogP contribution >= 0.6 is 0 Å². The first-order chi connectivity index (χ1) is 5.22. The van der Waals surface area contributed by atoms with E-state index in [2.05, 4.69) is 44.3 Å². The molecule has 0 amide bonds. The number of dihydropyridines is 1. The van der Waals surface area contributed by atoms with E-state index >= 15 is 0 Å². The van der Waals surface area contributed by atoms with Gasteiger partial charge in [-0.3, -0.25) is 0 Å². The van der Waals surface area contributed by atoms with E-state index in [1.807, 2.05) is 0 Å². The Morgan fingerprint density at radius 3 is 2.55 bits per heavy atom. The summed E-state index contributed by atoms with van der Waals surface area (Å²) in [4.78, 5) is 0. The fourth-order valence-electron chi connectivity index (χ4n) is 1.15. The molecule has 11 heavy (non-hydrogen) atoms. The largest absolute Gasteiger partial charge is 0.385 e. The molecular formula is C10H17N. The SMILES string of the molecule is CC(C)C(C)C1=CC=CCN1. The van der Waals surface area contributed by atoms with E-state index < -0.39 is 0 Å². The fraction of sp³-hybridized carbons (Fsp3) is 0.600. The Kier molecular flexibility index (Phi) is 2.75. The molecule has 0 spiro atoms. The normalized spacial score (nSPS) is 19.5. The Balaban J connectivity index is 2.58. The first-order valence-corrected chi connectivity index (χ1v) is 4.32. The molecule has 0 bridgehead atoms. The lowest BCUT2D eigenvalue weighted by atomic mass is 9.93. The van der Waals surface area contributed by atoms with Gasteiger partial charge in [-0.25, -0.2) is 0 Å². The van der Waals surface area contributed by atoms with E-state index in [1.54, 1.807) is 0 Å². The summed E-state index contributed by atoms with van der Waals surface area (Å²) in [5, 5.41) is 3.37. The Labute approximate surface area is 69.2 Å². The summed E-state index contributed by atoms with van der Waals surface area (Å²) in [6.07, 6.45) is 6.44. The molecule has 0 aromatic heterocycles. The third-order valence-corrected chi connectivity index (χ3v) is 2.33. The van der Waals surface area contributed by atoms with Crippen LogP contribution in [0.5, 0.6) is 0 Å². The average Bonchev–Trinajstić information content (AvgIpc) is 2.05. The lowest BCUT2D eigenvalue weighted by molar-refractivity contribution is 0.455. The van der Waals surface area contributed by atoms with Gasteiger partial charge in [0, 0.05) is 12.2 Å². The standard InChI is InChI=1S/C10H17N/c1-8(2)9(3)10-6-4-5-7-11-10/h4-6,8-9,11H,7H2,1-3H3. The fourth-order valence-corrected chi connectivity index (χ4v) is 1.15. The minimum absolute atomic E-state index is 0.653. The van der Waals surface area contributed by atoms with Crippen LogP contribution in [0.15, 0.2) is 23.9 Å². The average molecular weight is 151 g/mol. The van der Waals surface area contributed by atoms with Crippen LogP contribution < -0.4 is 5.32 Å². The van der Waals surface area contributed by atoms with Gasteiger partial charge in [0.15, 0.2) is 0 Å². The molecule has 1 unspecified atom stereocenters. The van der Waals surface area contributed by atoms with Gasteiger partial charge in [0.05, 0.1) is 0 Å². The predicted molar refractivity (Wildman–Crippen MR) is 49.2 cm³/mol. The van der Waals surface area contributed by atoms with E-state index in [1.165, 1.54) is 5.70 Å². The van der Waals surface area contributed by atoms with E-state index in [4.69, 9.17) is 0 Å². The van der Waals surface area contributed by atoms with Gasteiger partial charge < -0.3 is 5.32 Å². The summed E-state index contributed by atoms with van der Waals surface area (Å²) in [7, 11) is 0. The van der Waals surface area contributed by atoms with Crippen LogP contribution in [0.2, 0.25) is 0 Å². The maximum atomic E-state index is 3.37. The third kappa shape index (κ3) is 2.11. The summed E-state index contributed by atoms with van der Waals surface area (Å²) < 4.78 is 0. The molecule has 1 aliphatic heterocycles. The highest BCUT2D eigenvalue weighted by molar-refractivity contribution is 5.18. The van der Waals surface area contributed by atoms with E-state index in [-0.39, 0.29) is 0 Å². The maximum absolute atomic E-state index is 3.37. The van der Waals surface area contributed by atoms with E-state index in [9.17, 15) is 0 Å². The van der Waals surface area contributed by atoms with Crippen LogP contribution in [0.3, 0.4) is 0 Å². The Bertz CT molecular complexity index is 177. The third-order valence-electron chi connectivity index (χ3n) is 2.33. The highest BCUT2D eigenvalue weighted by Gasteiger charge is 2.12. The summed E-state index contributed by atoms with van der Waals surface area (Å²) in [6.45, 7) is 7.77. The van der Waals surface area contributed by atoms with E-state index in [0.717, 1.165) is 12.5 Å². The van der Waals surface area contributed by atoms with Crippen molar-refractivity contribution < 1.29 is 0 Å². The van der Waals surface area contributed by atoms with Crippen LogP contribution in [0, 0.1) is 11.8 Å². The van der Waals surface area contributed by atoms with Crippen LogP contribution in [0.1, 0.15) is 20.8 Å². The Hall–Kier alpha value is -0.720. The summed E-state index contributed by atoms with van der Waals surface area (Å²) in [5.74, 6) is 1.38. The van der Waals surface area contributed by atoms with Gasteiger partial charge in [-0.15, -0.1) is 0 Å².